The molecule has 1 aromatic carbocycles. The topological polar surface area (TPSA) is 112 Å². The summed E-state index contributed by atoms with van der Waals surface area (Å²) in [5.74, 6) is 1.72. The molecule has 0 unspecified atom stereocenters. The first-order valence-electron chi connectivity index (χ1n) is 10.1. The summed E-state index contributed by atoms with van der Waals surface area (Å²) in [6.07, 6.45) is 7.45. The quantitative estimate of drug-likeness (QED) is 0.523. The Labute approximate surface area is 178 Å². The van der Waals surface area contributed by atoms with Crippen LogP contribution < -0.4 is 11.1 Å². The molecule has 3 heterocycles. The van der Waals surface area contributed by atoms with Crippen LogP contribution in [0.2, 0.25) is 0 Å². The van der Waals surface area contributed by atoms with Gasteiger partial charge in [-0.05, 0) is 60.7 Å². The fourth-order valence-electron chi connectivity index (χ4n) is 4.14. The standard InChI is InChI=1S/C23H19N7O/c24-20-18(5-2-7-26-20)14-6-8-25-19(10-14)22(31)28-17-4-1-3-15(9-17)21-29-27-13-30(21)23-11-16(23)12-23/h1-10,13,16H,11-12H2,(H2,24,26)(H,28,31). The second kappa shape index (κ2) is 6.46. The minimum absolute atomic E-state index is 0.247. The van der Waals surface area contributed by atoms with E-state index in [0.717, 1.165) is 28.4 Å². The van der Waals surface area contributed by atoms with Crippen molar-refractivity contribution in [2.75, 3.05) is 11.1 Å². The molecule has 0 radical (unpaired) electrons. The number of nitrogens with zero attached hydrogens (tertiary/aromatic N) is 5. The molecule has 1 amide bonds. The van der Waals surface area contributed by atoms with E-state index in [4.69, 9.17) is 5.73 Å². The maximum Gasteiger partial charge on any atom is 0.274 e. The van der Waals surface area contributed by atoms with E-state index in [9.17, 15) is 4.79 Å². The first-order valence-corrected chi connectivity index (χ1v) is 10.1. The van der Waals surface area contributed by atoms with Crippen molar-refractivity contribution in [2.24, 2.45) is 5.92 Å². The third kappa shape index (κ3) is 2.95. The number of nitrogens with two attached hydrogens (primary N) is 1. The number of hydrogen-bond acceptors (Lipinski definition) is 6. The van der Waals surface area contributed by atoms with Crippen molar-refractivity contribution in [3.05, 3.63) is 72.9 Å². The molecule has 0 bridgehead atoms. The Bertz CT molecular complexity index is 1320. The normalized spacial score (nSPS) is 20.7. The summed E-state index contributed by atoms with van der Waals surface area (Å²) in [5, 5.41) is 11.4. The summed E-state index contributed by atoms with van der Waals surface area (Å²) in [4.78, 5) is 21.2. The van der Waals surface area contributed by atoms with Gasteiger partial charge < -0.3 is 15.6 Å². The van der Waals surface area contributed by atoms with Crippen LogP contribution in [0.3, 0.4) is 0 Å². The molecular formula is C23H19N7O. The van der Waals surface area contributed by atoms with Crippen molar-refractivity contribution in [1.29, 1.82) is 0 Å². The van der Waals surface area contributed by atoms with Crippen LogP contribution in [0.5, 0.6) is 0 Å². The molecule has 2 fully saturated rings. The summed E-state index contributed by atoms with van der Waals surface area (Å²) in [7, 11) is 0. The lowest BCUT2D eigenvalue weighted by Gasteiger charge is -2.11. The number of nitrogens with one attached hydrogen (secondary N) is 1. The van der Waals surface area contributed by atoms with E-state index < -0.39 is 0 Å². The van der Waals surface area contributed by atoms with Gasteiger partial charge in [0.15, 0.2) is 5.82 Å². The van der Waals surface area contributed by atoms with E-state index in [0.29, 0.717) is 17.2 Å². The lowest BCUT2D eigenvalue weighted by Crippen LogP contribution is -2.14. The zero-order valence-corrected chi connectivity index (χ0v) is 16.6. The largest absolute Gasteiger partial charge is 0.383 e. The number of fused-ring (bicyclic) bond motifs is 1. The molecule has 0 aliphatic heterocycles. The molecular weight excluding hydrogens is 390 g/mol. The second-order valence-corrected chi connectivity index (χ2v) is 8.13. The molecule has 0 atom stereocenters. The number of aromatic nitrogens is 5. The summed E-state index contributed by atoms with van der Waals surface area (Å²) in [5.41, 5.74) is 9.66. The fourth-order valence-corrected chi connectivity index (χ4v) is 4.14. The summed E-state index contributed by atoms with van der Waals surface area (Å²) in [6.45, 7) is 0. The highest BCUT2D eigenvalue weighted by molar-refractivity contribution is 6.03. The zero-order chi connectivity index (χ0) is 21.0. The molecule has 2 saturated carbocycles. The molecule has 3 N–H and O–H groups in total. The van der Waals surface area contributed by atoms with Gasteiger partial charge in [-0.2, -0.15) is 0 Å². The first kappa shape index (κ1) is 17.8. The van der Waals surface area contributed by atoms with Gasteiger partial charge in [-0.3, -0.25) is 9.78 Å². The smallest absolute Gasteiger partial charge is 0.274 e. The van der Waals surface area contributed by atoms with Crippen molar-refractivity contribution >= 4 is 17.4 Å². The third-order valence-corrected chi connectivity index (χ3v) is 6.19. The Kier molecular flexibility index (Phi) is 3.70. The molecule has 4 aromatic rings. The number of nitrogen functional groups attached to an aromatic ring is 1. The lowest BCUT2D eigenvalue weighted by atomic mass is 10.1. The van der Waals surface area contributed by atoms with Gasteiger partial charge in [-0.15, -0.1) is 10.2 Å². The highest BCUT2D eigenvalue weighted by atomic mass is 16.1. The van der Waals surface area contributed by atoms with Crippen LogP contribution in [0.4, 0.5) is 11.5 Å². The van der Waals surface area contributed by atoms with Gasteiger partial charge in [-0.25, -0.2) is 4.98 Å². The van der Waals surface area contributed by atoms with Gasteiger partial charge in [0, 0.05) is 29.2 Å². The minimum atomic E-state index is -0.300. The number of benzene rings is 1. The Morgan fingerprint density at radius 3 is 2.74 bits per heavy atom. The molecule has 8 nitrogen and oxygen atoms in total. The van der Waals surface area contributed by atoms with Gasteiger partial charge in [0.1, 0.15) is 17.8 Å². The van der Waals surface area contributed by atoms with Crippen molar-refractivity contribution in [1.82, 2.24) is 24.7 Å². The molecule has 8 heteroatoms. The van der Waals surface area contributed by atoms with Crippen molar-refractivity contribution in [2.45, 2.75) is 18.4 Å². The van der Waals surface area contributed by atoms with Crippen LogP contribution in [0, 0.1) is 5.92 Å². The number of hydrogen-bond donors (Lipinski definition) is 2. The predicted molar refractivity (Wildman–Crippen MR) is 116 cm³/mol. The molecule has 0 saturated heterocycles. The van der Waals surface area contributed by atoms with E-state index in [1.54, 1.807) is 30.6 Å². The van der Waals surface area contributed by atoms with Crippen LogP contribution >= 0.6 is 0 Å². The minimum Gasteiger partial charge on any atom is -0.383 e. The van der Waals surface area contributed by atoms with E-state index in [2.05, 4.69) is 30.0 Å². The lowest BCUT2D eigenvalue weighted by molar-refractivity contribution is 0.102. The maximum atomic E-state index is 12.9. The van der Waals surface area contributed by atoms with E-state index in [1.807, 2.05) is 36.7 Å². The molecule has 152 valence electrons. The van der Waals surface area contributed by atoms with Crippen LogP contribution in [0.15, 0.2) is 67.3 Å². The Hall–Kier alpha value is -4.07. The highest BCUT2D eigenvalue weighted by Crippen LogP contribution is 2.73. The van der Waals surface area contributed by atoms with Gasteiger partial charge in [0.2, 0.25) is 0 Å². The van der Waals surface area contributed by atoms with Crippen molar-refractivity contribution < 1.29 is 4.79 Å². The number of carbonyl (C=O) groups is 1. The number of amides is 1. The Morgan fingerprint density at radius 1 is 1.06 bits per heavy atom. The fraction of sp³-hybridized carbons (Fsp3) is 0.174. The number of rotatable bonds is 5. The van der Waals surface area contributed by atoms with Gasteiger partial charge in [0.05, 0.1) is 5.54 Å². The second-order valence-electron chi connectivity index (χ2n) is 8.13. The summed E-state index contributed by atoms with van der Waals surface area (Å²) < 4.78 is 2.18. The molecule has 31 heavy (non-hydrogen) atoms. The molecule has 3 aromatic heterocycles. The monoisotopic (exact) mass is 409 g/mol. The van der Waals surface area contributed by atoms with Crippen LogP contribution in [-0.4, -0.2) is 30.6 Å². The first-order chi connectivity index (χ1) is 15.1. The van der Waals surface area contributed by atoms with E-state index in [-0.39, 0.29) is 11.4 Å². The van der Waals surface area contributed by atoms with Gasteiger partial charge >= 0.3 is 0 Å². The molecule has 0 spiro atoms. The van der Waals surface area contributed by atoms with Crippen LogP contribution in [-0.2, 0) is 5.54 Å². The van der Waals surface area contributed by atoms with Crippen LogP contribution in [0.25, 0.3) is 22.5 Å². The van der Waals surface area contributed by atoms with Gasteiger partial charge in [0.25, 0.3) is 5.91 Å². The summed E-state index contributed by atoms with van der Waals surface area (Å²) >= 11 is 0. The number of carbonyl (C=O) groups excluding carboxylic acids is 1. The molecule has 6 rings (SSSR count). The highest BCUT2D eigenvalue weighted by Gasteiger charge is 2.71. The average Bonchev–Trinajstić information content (AvgIpc) is 3.60. The number of anilines is 2. The molecule has 2 aliphatic carbocycles. The Morgan fingerprint density at radius 2 is 1.94 bits per heavy atom. The average molecular weight is 409 g/mol. The molecule has 2 aliphatic rings. The maximum absolute atomic E-state index is 12.9. The summed E-state index contributed by atoms with van der Waals surface area (Å²) in [6, 6.07) is 14.8. The van der Waals surface area contributed by atoms with Crippen molar-refractivity contribution in [3.8, 4) is 22.5 Å². The predicted octanol–water partition coefficient (Wildman–Crippen LogP) is 3.36. The van der Waals surface area contributed by atoms with E-state index in [1.165, 1.54) is 12.8 Å². The third-order valence-electron chi connectivity index (χ3n) is 6.19. The zero-order valence-electron chi connectivity index (χ0n) is 16.6. The van der Waals surface area contributed by atoms with Crippen molar-refractivity contribution in [3.63, 3.8) is 0 Å². The number of pyridine rings is 2. The van der Waals surface area contributed by atoms with Crippen LogP contribution in [0.1, 0.15) is 23.3 Å². The van der Waals surface area contributed by atoms with E-state index >= 15 is 0 Å². The Balaban J connectivity index is 1.26. The SMILES string of the molecule is Nc1ncccc1-c1ccnc(C(=O)Nc2cccc(-c3nncn3C34CC3C4)c2)c1. The van der Waals surface area contributed by atoms with Gasteiger partial charge in [-0.1, -0.05) is 12.1 Å².